The van der Waals surface area contributed by atoms with E-state index in [0.717, 1.165) is 24.3 Å². The molecule has 94 valence electrons. The van der Waals surface area contributed by atoms with Gasteiger partial charge in [-0.2, -0.15) is 0 Å². The Morgan fingerprint density at radius 2 is 2.12 bits per heavy atom. The Balaban J connectivity index is 2.18. The maximum absolute atomic E-state index is 4.13. The Labute approximate surface area is 102 Å². The first-order valence-corrected chi connectivity index (χ1v) is 6.96. The highest BCUT2D eigenvalue weighted by atomic mass is 14.8. The molecule has 0 radical (unpaired) electrons. The van der Waals surface area contributed by atoms with Crippen molar-refractivity contribution in [3.8, 4) is 0 Å². The summed E-state index contributed by atoms with van der Waals surface area (Å²) in [6, 6.07) is 0. The van der Waals surface area contributed by atoms with Crippen molar-refractivity contribution < 1.29 is 0 Å². The van der Waals surface area contributed by atoms with Crippen LogP contribution in [0.25, 0.3) is 0 Å². The molecule has 1 aliphatic rings. The average molecular weight is 223 g/mol. The largest absolute Gasteiger partial charge is 0.316 e. The Bertz CT molecular complexity index is 205. The molecule has 0 saturated heterocycles. The third kappa shape index (κ3) is 5.69. The van der Waals surface area contributed by atoms with Gasteiger partial charge in [0.15, 0.2) is 0 Å². The number of likely N-dealkylation sites (N-methyl/N-ethyl adjacent to an activating group) is 1. The van der Waals surface area contributed by atoms with Crippen molar-refractivity contribution in [3.05, 3.63) is 12.2 Å². The van der Waals surface area contributed by atoms with Crippen LogP contribution in [-0.2, 0) is 0 Å². The molecule has 2 unspecified atom stereocenters. The Hall–Kier alpha value is -0.300. The lowest BCUT2D eigenvalue weighted by molar-refractivity contribution is 0.343. The van der Waals surface area contributed by atoms with Crippen LogP contribution in [0, 0.1) is 17.8 Å². The SMILES string of the molecule is C=C(CNC)CC(C)CC(CC)CC1CC1. The summed E-state index contributed by atoms with van der Waals surface area (Å²) in [5, 5.41) is 3.18. The lowest BCUT2D eigenvalue weighted by atomic mass is 9.86. The molecule has 0 aliphatic heterocycles. The maximum Gasteiger partial charge on any atom is 0.0159 e. The number of hydrogen-bond donors (Lipinski definition) is 1. The summed E-state index contributed by atoms with van der Waals surface area (Å²) in [5.74, 6) is 2.85. The van der Waals surface area contributed by atoms with Gasteiger partial charge in [0.25, 0.3) is 0 Å². The van der Waals surface area contributed by atoms with Crippen LogP contribution in [0.2, 0.25) is 0 Å². The van der Waals surface area contributed by atoms with E-state index in [2.05, 4.69) is 25.7 Å². The molecule has 0 heterocycles. The molecule has 1 rings (SSSR count). The van der Waals surface area contributed by atoms with Crippen LogP contribution >= 0.6 is 0 Å². The first-order valence-electron chi connectivity index (χ1n) is 6.96. The van der Waals surface area contributed by atoms with E-state index in [1.807, 2.05) is 7.05 Å². The third-order valence-electron chi connectivity index (χ3n) is 3.74. The monoisotopic (exact) mass is 223 g/mol. The molecule has 0 spiro atoms. The first-order chi connectivity index (χ1) is 7.65. The fourth-order valence-electron chi connectivity index (χ4n) is 2.72. The molecule has 2 atom stereocenters. The molecule has 0 aromatic rings. The zero-order chi connectivity index (χ0) is 12.0. The summed E-state index contributed by atoms with van der Waals surface area (Å²) in [7, 11) is 2.00. The fraction of sp³-hybridized carbons (Fsp3) is 0.867. The summed E-state index contributed by atoms with van der Waals surface area (Å²) in [5.41, 5.74) is 1.36. The molecule has 0 amide bonds. The second kappa shape index (κ2) is 7.11. The van der Waals surface area contributed by atoms with Crippen molar-refractivity contribution in [1.82, 2.24) is 5.32 Å². The van der Waals surface area contributed by atoms with Crippen LogP contribution in [0.1, 0.15) is 52.4 Å². The summed E-state index contributed by atoms with van der Waals surface area (Å²) in [6.07, 6.45) is 8.44. The molecule has 1 nitrogen and oxygen atoms in total. The van der Waals surface area contributed by atoms with Crippen LogP contribution in [0.3, 0.4) is 0 Å². The number of hydrogen-bond acceptors (Lipinski definition) is 1. The zero-order valence-corrected chi connectivity index (χ0v) is 11.4. The van der Waals surface area contributed by atoms with Crippen molar-refractivity contribution in [2.45, 2.75) is 52.4 Å². The van der Waals surface area contributed by atoms with E-state index in [1.54, 1.807) is 0 Å². The molecule has 1 heteroatoms. The van der Waals surface area contributed by atoms with Gasteiger partial charge in [-0.05, 0) is 44.1 Å². The van der Waals surface area contributed by atoms with Crippen LogP contribution < -0.4 is 5.32 Å². The van der Waals surface area contributed by atoms with Gasteiger partial charge in [0.2, 0.25) is 0 Å². The minimum Gasteiger partial charge on any atom is -0.316 e. The Morgan fingerprint density at radius 1 is 1.44 bits per heavy atom. The van der Waals surface area contributed by atoms with Gasteiger partial charge in [-0.3, -0.25) is 0 Å². The summed E-state index contributed by atoms with van der Waals surface area (Å²) < 4.78 is 0. The summed E-state index contributed by atoms with van der Waals surface area (Å²) >= 11 is 0. The quantitative estimate of drug-likeness (QED) is 0.582. The van der Waals surface area contributed by atoms with Crippen molar-refractivity contribution >= 4 is 0 Å². The number of rotatable bonds is 9. The standard InChI is InChI=1S/C15H29N/c1-5-14(10-15-6-7-15)9-12(2)8-13(3)11-16-4/h12,14-16H,3,5-11H2,1-2,4H3. The van der Waals surface area contributed by atoms with Gasteiger partial charge in [0.05, 0.1) is 0 Å². The highest BCUT2D eigenvalue weighted by Crippen LogP contribution is 2.38. The topological polar surface area (TPSA) is 12.0 Å². The van der Waals surface area contributed by atoms with E-state index in [-0.39, 0.29) is 0 Å². The van der Waals surface area contributed by atoms with Gasteiger partial charge in [0, 0.05) is 6.54 Å². The smallest absolute Gasteiger partial charge is 0.0159 e. The highest BCUT2D eigenvalue weighted by molar-refractivity contribution is 4.97. The second-order valence-corrected chi connectivity index (χ2v) is 5.78. The summed E-state index contributed by atoms with van der Waals surface area (Å²) in [6.45, 7) is 9.84. The van der Waals surface area contributed by atoms with Gasteiger partial charge in [-0.15, -0.1) is 0 Å². The molecule has 0 aromatic heterocycles. The molecular formula is C15H29N. The second-order valence-electron chi connectivity index (χ2n) is 5.78. The van der Waals surface area contributed by atoms with E-state index in [1.165, 1.54) is 44.1 Å². The predicted molar refractivity (Wildman–Crippen MR) is 72.6 cm³/mol. The highest BCUT2D eigenvalue weighted by Gasteiger charge is 2.25. The Kier molecular flexibility index (Phi) is 6.12. The lowest BCUT2D eigenvalue weighted by Crippen LogP contribution is -2.13. The molecule has 0 aromatic carbocycles. The van der Waals surface area contributed by atoms with Crippen LogP contribution in [0.4, 0.5) is 0 Å². The predicted octanol–water partition coefficient (Wildman–Crippen LogP) is 4.00. The maximum atomic E-state index is 4.13. The van der Waals surface area contributed by atoms with Gasteiger partial charge < -0.3 is 5.32 Å². The van der Waals surface area contributed by atoms with Crippen molar-refractivity contribution in [2.75, 3.05) is 13.6 Å². The van der Waals surface area contributed by atoms with E-state index in [0.29, 0.717) is 0 Å². The molecule has 1 N–H and O–H groups in total. The molecule has 0 bridgehead atoms. The number of nitrogens with one attached hydrogen (secondary N) is 1. The zero-order valence-electron chi connectivity index (χ0n) is 11.4. The van der Waals surface area contributed by atoms with E-state index in [4.69, 9.17) is 0 Å². The van der Waals surface area contributed by atoms with Crippen molar-refractivity contribution in [3.63, 3.8) is 0 Å². The van der Waals surface area contributed by atoms with Gasteiger partial charge in [-0.1, -0.05) is 45.3 Å². The minimum absolute atomic E-state index is 0.810. The van der Waals surface area contributed by atoms with E-state index >= 15 is 0 Å². The minimum atomic E-state index is 0.810. The third-order valence-corrected chi connectivity index (χ3v) is 3.74. The van der Waals surface area contributed by atoms with Gasteiger partial charge in [0.1, 0.15) is 0 Å². The van der Waals surface area contributed by atoms with E-state index < -0.39 is 0 Å². The van der Waals surface area contributed by atoms with Crippen LogP contribution in [0.5, 0.6) is 0 Å². The molecule has 1 fully saturated rings. The van der Waals surface area contributed by atoms with Crippen LogP contribution in [-0.4, -0.2) is 13.6 Å². The molecular weight excluding hydrogens is 194 g/mol. The molecule has 1 aliphatic carbocycles. The fourth-order valence-corrected chi connectivity index (χ4v) is 2.72. The molecule has 16 heavy (non-hydrogen) atoms. The lowest BCUT2D eigenvalue weighted by Gasteiger charge is -2.20. The molecule has 1 saturated carbocycles. The van der Waals surface area contributed by atoms with Gasteiger partial charge in [-0.25, -0.2) is 0 Å². The van der Waals surface area contributed by atoms with Gasteiger partial charge >= 0.3 is 0 Å². The summed E-state index contributed by atoms with van der Waals surface area (Å²) in [4.78, 5) is 0. The normalized spacial score (nSPS) is 19.4. The average Bonchev–Trinajstić information content (AvgIpc) is 3.00. The van der Waals surface area contributed by atoms with Crippen molar-refractivity contribution in [1.29, 1.82) is 0 Å². The van der Waals surface area contributed by atoms with E-state index in [9.17, 15) is 0 Å². The van der Waals surface area contributed by atoms with Crippen molar-refractivity contribution in [2.24, 2.45) is 17.8 Å². The first kappa shape index (κ1) is 13.8. The van der Waals surface area contributed by atoms with Crippen LogP contribution in [0.15, 0.2) is 12.2 Å². The Morgan fingerprint density at radius 3 is 2.62 bits per heavy atom.